The molecule has 0 saturated carbocycles. The van der Waals surface area contributed by atoms with Crippen LogP contribution in [0.2, 0.25) is 5.02 Å². The molecule has 0 radical (unpaired) electrons. The fourth-order valence-corrected chi connectivity index (χ4v) is 5.07. The van der Waals surface area contributed by atoms with Gasteiger partial charge in [0.1, 0.15) is 11.9 Å². The summed E-state index contributed by atoms with van der Waals surface area (Å²) in [6, 6.07) is 12.4. The lowest BCUT2D eigenvalue weighted by Crippen LogP contribution is -2.52. The van der Waals surface area contributed by atoms with Crippen molar-refractivity contribution < 1.29 is 17.6 Å². The zero-order valence-corrected chi connectivity index (χ0v) is 17.8. The number of carbonyl (C=O) groups is 1. The number of nitrogens with zero attached hydrogens (tertiary/aromatic N) is 3. The van der Waals surface area contributed by atoms with Gasteiger partial charge in [-0.05, 0) is 23.8 Å². The second kappa shape index (κ2) is 8.79. The molecular formula is C20H23ClFN3O3S. The minimum Gasteiger partial charge on any atom is -0.347 e. The highest BCUT2D eigenvalue weighted by molar-refractivity contribution is 7.89. The number of amides is 1. The van der Waals surface area contributed by atoms with Crippen LogP contribution in [0.1, 0.15) is 11.6 Å². The minimum absolute atomic E-state index is 0.0404. The zero-order chi connectivity index (χ0) is 21.2. The van der Waals surface area contributed by atoms with Crippen LogP contribution in [0, 0.1) is 5.82 Å². The van der Waals surface area contributed by atoms with Crippen molar-refractivity contribution in [2.45, 2.75) is 10.9 Å². The number of hydrogen-bond acceptors (Lipinski definition) is 4. The van der Waals surface area contributed by atoms with Gasteiger partial charge in [0, 0.05) is 40.3 Å². The number of hydrogen-bond donors (Lipinski definition) is 0. The molecule has 156 valence electrons. The molecule has 0 spiro atoms. The van der Waals surface area contributed by atoms with E-state index in [-0.39, 0.29) is 28.9 Å². The van der Waals surface area contributed by atoms with Crippen molar-refractivity contribution in [1.82, 2.24) is 14.1 Å². The van der Waals surface area contributed by atoms with E-state index in [4.69, 9.17) is 11.6 Å². The summed E-state index contributed by atoms with van der Waals surface area (Å²) in [6.45, 7) is 1.24. The van der Waals surface area contributed by atoms with Crippen molar-refractivity contribution in [3.05, 3.63) is 64.9 Å². The SMILES string of the molecule is CN(C)C(=O)C(c1ccccc1)N1CCN(S(=O)(=O)c2ccc(F)c(Cl)c2)CC1. The number of sulfonamides is 1. The van der Waals surface area contributed by atoms with E-state index < -0.39 is 21.9 Å². The largest absolute Gasteiger partial charge is 0.347 e. The Morgan fingerprint density at radius 1 is 1.07 bits per heavy atom. The molecule has 1 atom stereocenters. The standard InChI is InChI=1S/C20H23ClFN3O3S/c1-23(2)20(26)19(15-6-4-3-5-7-15)24-10-12-25(13-11-24)29(27,28)16-8-9-18(22)17(21)14-16/h3-9,14,19H,10-13H2,1-2H3. The number of halogens is 2. The smallest absolute Gasteiger partial charge is 0.244 e. The molecule has 2 aromatic rings. The Morgan fingerprint density at radius 2 is 1.69 bits per heavy atom. The lowest BCUT2D eigenvalue weighted by atomic mass is 10.0. The predicted octanol–water partition coefficient (Wildman–Crippen LogP) is 2.61. The zero-order valence-electron chi connectivity index (χ0n) is 16.3. The van der Waals surface area contributed by atoms with Gasteiger partial charge in [-0.3, -0.25) is 9.69 Å². The molecule has 6 nitrogen and oxygen atoms in total. The van der Waals surface area contributed by atoms with E-state index in [1.807, 2.05) is 35.2 Å². The number of carbonyl (C=O) groups excluding carboxylic acids is 1. The third kappa shape index (κ3) is 4.61. The Labute approximate surface area is 175 Å². The van der Waals surface area contributed by atoms with E-state index in [1.54, 1.807) is 19.0 Å². The third-order valence-electron chi connectivity index (χ3n) is 4.96. The van der Waals surface area contributed by atoms with Gasteiger partial charge < -0.3 is 4.90 Å². The van der Waals surface area contributed by atoms with Gasteiger partial charge >= 0.3 is 0 Å². The maximum Gasteiger partial charge on any atom is 0.244 e. The molecule has 1 aliphatic rings. The fourth-order valence-electron chi connectivity index (χ4n) is 3.38. The van der Waals surface area contributed by atoms with Gasteiger partial charge in [0.05, 0.1) is 9.92 Å². The first kappa shape index (κ1) is 21.7. The summed E-state index contributed by atoms with van der Waals surface area (Å²) < 4.78 is 40.5. The highest BCUT2D eigenvalue weighted by Crippen LogP contribution is 2.27. The van der Waals surface area contributed by atoms with Crippen LogP contribution in [0.15, 0.2) is 53.4 Å². The van der Waals surface area contributed by atoms with E-state index >= 15 is 0 Å². The van der Waals surface area contributed by atoms with Crippen LogP contribution < -0.4 is 0 Å². The lowest BCUT2D eigenvalue weighted by molar-refractivity contribution is -0.135. The maximum absolute atomic E-state index is 13.4. The maximum atomic E-state index is 13.4. The average molecular weight is 440 g/mol. The van der Waals surface area contributed by atoms with Gasteiger partial charge in [-0.15, -0.1) is 0 Å². The van der Waals surface area contributed by atoms with Crippen molar-refractivity contribution in [2.75, 3.05) is 40.3 Å². The van der Waals surface area contributed by atoms with Gasteiger partial charge in [0.25, 0.3) is 0 Å². The van der Waals surface area contributed by atoms with Crippen LogP contribution in [-0.4, -0.2) is 68.7 Å². The molecule has 1 heterocycles. The lowest BCUT2D eigenvalue weighted by Gasteiger charge is -2.39. The summed E-state index contributed by atoms with van der Waals surface area (Å²) in [7, 11) is -0.380. The summed E-state index contributed by atoms with van der Waals surface area (Å²) in [4.78, 5) is 16.3. The second-order valence-corrected chi connectivity index (χ2v) is 9.41. The molecule has 2 aromatic carbocycles. The minimum atomic E-state index is -3.79. The molecule has 1 fully saturated rings. The Balaban J connectivity index is 1.79. The van der Waals surface area contributed by atoms with Crippen LogP contribution in [0.3, 0.4) is 0 Å². The van der Waals surface area contributed by atoms with Crippen LogP contribution in [0.5, 0.6) is 0 Å². The first-order valence-corrected chi connectivity index (χ1v) is 11.0. The quantitative estimate of drug-likeness (QED) is 0.718. The van der Waals surface area contributed by atoms with E-state index in [0.29, 0.717) is 13.1 Å². The Hall–Kier alpha value is -2.00. The van der Waals surface area contributed by atoms with Gasteiger partial charge in [0.15, 0.2) is 0 Å². The fraction of sp³-hybridized carbons (Fsp3) is 0.350. The number of benzene rings is 2. The highest BCUT2D eigenvalue weighted by atomic mass is 35.5. The Bertz CT molecular complexity index is 978. The van der Waals surface area contributed by atoms with Crippen molar-refractivity contribution in [3.63, 3.8) is 0 Å². The van der Waals surface area contributed by atoms with E-state index in [0.717, 1.165) is 17.7 Å². The summed E-state index contributed by atoms with van der Waals surface area (Å²) in [5.41, 5.74) is 0.868. The number of piperazine rings is 1. The molecule has 0 bridgehead atoms. The van der Waals surface area contributed by atoms with Gasteiger partial charge in [-0.1, -0.05) is 41.9 Å². The molecule has 0 aromatic heterocycles. The van der Waals surface area contributed by atoms with Gasteiger partial charge in [-0.25, -0.2) is 12.8 Å². The van der Waals surface area contributed by atoms with Crippen molar-refractivity contribution >= 4 is 27.5 Å². The van der Waals surface area contributed by atoms with Crippen molar-refractivity contribution in [3.8, 4) is 0 Å². The van der Waals surface area contributed by atoms with E-state index in [9.17, 15) is 17.6 Å². The molecule has 29 heavy (non-hydrogen) atoms. The van der Waals surface area contributed by atoms with Gasteiger partial charge in [-0.2, -0.15) is 4.31 Å². The molecule has 1 aliphatic heterocycles. The first-order valence-electron chi connectivity index (χ1n) is 9.17. The van der Waals surface area contributed by atoms with Crippen molar-refractivity contribution in [2.24, 2.45) is 0 Å². The molecular weight excluding hydrogens is 417 g/mol. The number of rotatable bonds is 5. The highest BCUT2D eigenvalue weighted by Gasteiger charge is 2.35. The first-order chi connectivity index (χ1) is 13.7. The summed E-state index contributed by atoms with van der Waals surface area (Å²) in [6.07, 6.45) is 0. The second-order valence-electron chi connectivity index (χ2n) is 7.06. The molecule has 0 N–H and O–H groups in total. The monoisotopic (exact) mass is 439 g/mol. The van der Waals surface area contributed by atoms with E-state index in [1.165, 1.54) is 10.4 Å². The van der Waals surface area contributed by atoms with Crippen LogP contribution in [0.4, 0.5) is 4.39 Å². The molecule has 1 unspecified atom stereocenters. The number of likely N-dealkylation sites (N-methyl/N-ethyl adjacent to an activating group) is 1. The summed E-state index contributed by atoms with van der Waals surface area (Å²) in [5.74, 6) is -0.721. The Morgan fingerprint density at radius 3 is 2.24 bits per heavy atom. The molecule has 1 amide bonds. The summed E-state index contributed by atoms with van der Waals surface area (Å²) in [5, 5.41) is -0.231. The van der Waals surface area contributed by atoms with Crippen molar-refractivity contribution in [1.29, 1.82) is 0 Å². The third-order valence-corrected chi connectivity index (χ3v) is 7.14. The van der Waals surface area contributed by atoms with E-state index in [2.05, 4.69) is 0 Å². The topological polar surface area (TPSA) is 60.9 Å². The average Bonchev–Trinajstić information content (AvgIpc) is 2.71. The van der Waals surface area contributed by atoms with Crippen LogP contribution in [0.25, 0.3) is 0 Å². The molecule has 3 rings (SSSR count). The molecule has 9 heteroatoms. The van der Waals surface area contributed by atoms with Gasteiger partial charge in [0.2, 0.25) is 15.9 Å². The molecule has 1 saturated heterocycles. The predicted molar refractivity (Wildman–Crippen MR) is 110 cm³/mol. The van der Waals surface area contributed by atoms with Crippen LogP contribution >= 0.6 is 11.6 Å². The molecule has 0 aliphatic carbocycles. The summed E-state index contributed by atoms with van der Waals surface area (Å²) >= 11 is 5.75. The Kier molecular flexibility index (Phi) is 6.58. The van der Waals surface area contributed by atoms with Crippen LogP contribution in [-0.2, 0) is 14.8 Å². The normalized spacial score (nSPS) is 17.1.